The predicted molar refractivity (Wildman–Crippen MR) is 105 cm³/mol. The quantitative estimate of drug-likeness (QED) is 0.462. The Balaban J connectivity index is 1.65. The molecule has 2 aromatic carbocycles. The highest BCUT2D eigenvalue weighted by molar-refractivity contribution is 5.85. The van der Waals surface area contributed by atoms with Gasteiger partial charge < -0.3 is 4.57 Å². The third kappa shape index (κ3) is 3.10. The topological polar surface area (TPSA) is 56.5 Å². The maximum Gasteiger partial charge on any atom is 0.197 e. The Bertz CT molecular complexity index is 1330. The van der Waals surface area contributed by atoms with Crippen LogP contribution in [-0.2, 0) is 13.0 Å². The number of fused-ring (bicyclic) bond motifs is 2. The van der Waals surface area contributed by atoms with Crippen molar-refractivity contribution >= 4 is 22.1 Å². The summed E-state index contributed by atoms with van der Waals surface area (Å²) in [7, 11) is 0. The monoisotopic (exact) mass is 387 g/mol. The molecule has 0 aliphatic rings. The fourth-order valence-electron chi connectivity index (χ4n) is 3.52. The number of hydrogen-bond acceptors (Lipinski definition) is 4. The molecule has 0 amide bonds. The van der Waals surface area contributed by atoms with Gasteiger partial charge in [0.2, 0.25) is 0 Å². The first kappa shape index (κ1) is 17.4. The molecule has 0 saturated carbocycles. The number of benzene rings is 2. The highest BCUT2D eigenvalue weighted by Gasteiger charge is 2.16. The molecule has 3 aromatic heterocycles. The lowest BCUT2D eigenvalue weighted by Gasteiger charge is -2.11. The summed E-state index contributed by atoms with van der Waals surface area (Å²) in [4.78, 5) is 17.5. The summed E-state index contributed by atoms with van der Waals surface area (Å²) < 4.78 is 29.8. The number of rotatable bonds is 4. The predicted octanol–water partition coefficient (Wildman–Crippen LogP) is 4.29. The molecular weight excluding hydrogens is 372 g/mol. The van der Waals surface area contributed by atoms with Crippen LogP contribution in [-0.4, -0.2) is 24.5 Å². The minimum atomic E-state index is -0.892. The van der Waals surface area contributed by atoms with Crippen molar-refractivity contribution in [1.29, 1.82) is 0 Å². The zero-order valence-corrected chi connectivity index (χ0v) is 15.3. The Hall–Kier alpha value is -3.74. The van der Waals surface area contributed by atoms with Gasteiger partial charge in [0.25, 0.3) is 0 Å². The van der Waals surface area contributed by atoms with E-state index in [-0.39, 0.29) is 5.39 Å². The summed E-state index contributed by atoms with van der Waals surface area (Å²) in [6.07, 6.45) is 6.81. The summed E-state index contributed by atoms with van der Waals surface area (Å²) >= 11 is 0. The van der Waals surface area contributed by atoms with Crippen LogP contribution in [0.1, 0.15) is 17.0 Å². The first-order valence-corrected chi connectivity index (χ1v) is 9.11. The lowest BCUT2D eigenvalue weighted by atomic mass is 10.1. The van der Waals surface area contributed by atoms with Gasteiger partial charge in [0, 0.05) is 36.6 Å². The van der Waals surface area contributed by atoms with Crippen LogP contribution in [0.25, 0.3) is 22.1 Å². The van der Waals surface area contributed by atoms with Gasteiger partial charge in [0.05, 0.1) is 6.54 Å². The second-order valence-electron chi connectivity index (χ2n) is 6.74. The molecule has 0 spiro atoms. The highest BCUT2D eigenvalue weighted by atomic mass is 19.2. The minimum absolute atomic E-state index is 0.155. The summed E-state index contributed by atoms with van der Waals surface area (Å²) in [5.74, 6) is -0.992. The van der Waals surface area contributed by atoms with Gasteiger partial charge in [-0.25, -0.2) is 23.7 Å². The van der Waals surface area contributed by atoms with E-state index in [0.29, 0.717) is 29.6 Å². The Morgan fingerprint density at radius 1 is 0.862 bits per heavy atom. The largest absolute Gasteiger partial charge is 0.306 e. The van der Waals surface area contributed by atoms with E-state index in [4.69, 9.17) is 0 Å². The van der Waals surface area contributed by atoms with E-state index in [1.807, 2.05) is 34.9 Å². The second kappa shape index (κ2) is 7.01. The first-order chi connectivity index (χ1) is 14.2. The van der Waals surface area contributed by atoms with Crippen molar-refractivity contribution in [2.24, 2.45) is 0 Å². The molecule has 0 N–H and O–H groups in total. The van der Waals surface area contributed by atoms with Crippen LogP contribution in [0.5, 0.6) is 0 Å². The number of aromatic nitrogens is 5. The summed E-state index contributed by atoms with van der Waals surface area (Å²) in [6.45, 7) is 0.368. The Morgan fingerprint density at radius 3 is 2.55 bits per heavy atom. The maximum absolute atomic E-state index is 14.2. The van der Waals surface area contributed by atoms with Gasteiger partial charge in [-0.2, -0.15) is 0 Å². The minimum Gasteiger partial charge on any atom is -0.306 e. The smallest absolute Gasteiger partial charge is 0.197 e. The lowest BCUT2D eigenvalue weighted by Crippen LogP contribution is -2.08. The molecule has 5 aromatic rings. The Morgan fingerprint density at radius 2 is 1.69 bits per heavy atom. The van der Waals surface area contributed by atoms with Crippen molar-refractivity contribution < 1.29 is 8.78 Å². The maximum atomic E-state index is 14.2. The molecule has 3 heterocycles. The fraction of sp³-hybridized carbons (Fsp3) is 0.0909. The third-order valence-corrected chi connectivity index (χ3v) is 4.91. The Kier molecular flexibility index (Phi) is 4.20. The third-order valence-electron chi connectivity index (χ3n) is 4.91. The zero-order valence-electron chi connectivity index (χ0n) is 15.3. The van der Waals surface area contributed by atoms with Crippen LogP contribution in [0.4, 0.5) is 8.78 Å². The molecule has 0 fully saturated rings. The SMILES string of the molecule is Fc1ccc2c(Cn3c(Cc4ccccc4)nc4nccnc43)cncc2c1F. The first-order valence-electron chi connectivity index (χ1n) is 9.11. The number of pyridine rings is 1. The fourth-order valence-corrected chi connectivity index (χ4v) is 3.52. The molecule has 5 nitrogen and oxygen atoms in total. The van der Waals surface area contributed by atoms with Crippen molar-refractivity contribution in [2.75, 3.05) is 0 Å². The molecule has 142 valence electrons. The molecule has 0 aliphatic carbocycles. The molecular formula is C22H15F2N5. The van der Waals surface area contributed by atoms with Gasteiger partial charge in [-0.05, 0) is 22.6 Å². The van der Waals surface area contributed by atoms with Crippen LogP contribution >= 0.6 is 0 Å². The van der Waals surface area contributed by atoms with Crippen molar-refractivity contribution in [2.45, 2.75) is 13.0 Å². The van der Waals surface area contributed by atoms with Crippen molar-refractivity contribution in [3.8, 4) is 0 Å². The van der Waals surface area contributed by atoms with Crippen LogP contribution in [0.3, 0.4) is 0 Å². The molecule has 0 radical (unpaired) electrons. The summed E-state index contributed by atoms with van der Waals surface area (Å²) in [5.41, 5.74) is 3.04. The normalized spacial score (nSPS) is 11.4. The molecule has 29 heavy (non-hydrogen) atoms. The van der Waals surface area contributed by atoms with Crippen LogP contribution in [0.2, 0.25) is 0 Å². The highest BCUT2D eigenvalue weighted by Crippen LogP contribution is 2.25. The van der Waals surface area contributed by atoms with E-state index in [2.05, 4.69) is 19.9 Å². The average Bonchev–Trinajstić information content (AvgIpc) is 3.09. The van der Waals surface area contributed by atoms with E-state index in [9.17, 15) is 8.78 Å². The number of halogens is 2. The summed E-state index contributed by atoms with van der Waals surface area (Å²) in [6, 6.07) is 12.7. The standard InChI is InChI=1S/C22H15F2N5/c23-18-7-6-16-15(11-25-12-17(16)20(18)24)13-29-19(10-14-4-2-1-3-5-14)28-21-22(29)27-9-8-26-21/h1-9,11-12H,10,13H2. The van der Waals surface area contributed by atoms with E-state index in [1.165, 1.54) is 6.20 Å². The van der Waals surface area contributed by atoms with Gasteiger partial charge in [0.15, 0.2) is 22.9 Å². The molecule has 0 aliphatic heterocycles. The van der Waals surface area contributed by atoms with E-state index in [1.54, 1.807) is 24.7 Å². The average molecular weight is 387 g/mol. The van der Waals surface area contributed by atoms with Gasteiger partial charge in [-0.15, -0.1) is 0 Å². The van der Waals surface area contributed by atoms with Crippen LogP contribution < -0.4 is 0 Å². The number of imidazole rings is 1. The van der Waals surface area contributed by atoms with E-state index < -0.39 is 11.6 Å². The van der Waals surface area contributed by atoms with Crippen LogP contribution in [0.15, 0.2) is 67.3 Å². The van der Waals surface area contributed by atoms with E-state index >= 15 is 0 Å². The molecule has 0 saturated heterocycles. The van der Waals surface area contributed by atoms with Crippen molar-refractivity contribution in [3.63, 3.8) is 0 Å². The molecule has 5 rings (SSSR count). The lowest BCUT2D eigenvalue weighted by molar-refractivity contribution is 0.516. The molecule has 0 bridgehead atoms. The summed E-state index contributed by atoms with van der Waals surface area (Å²) in [5, 5.41) is 0.762. The van der Waals surface area contributed by atoms with Crippen molar-refractivity contribution in [3.05, 3.63) is 95.8 Å². The van der Waals surface area contributed by atoms with Gasteiger partial charge >= 0.3 is 0 Å². The Labute approximate surface area is 164 Å². The van der Waals surface area contributed by atoms with E-state index in [0.717, 1.165) is 23.0 Å². The number of nitrogens with zero attached hydrogens (tertiary/aromatic N) is 5. The van der Waals surface area contributed by atoms with Crippen molar-refractivity contribution in [1.82, 2.24) is 24.5 Å². The van der Waals surface area contributed by atoms with Crippen LogP contribution in [0, 0.1) is 11.6 Å². The molecule has 7 heteroatoms. The van der Waals surface area contributed by atoms with Gasteiger partial charge in [-0.3, -0.25) is 4.98 Å². The second-order valence-corrected chi connectivity index (χ2v) is 6.74. The molecule has 0 unspecified atom stereocenters. The zero-order chi connectivity index (χ0) is 19.8. The number of hydrogen-bond donors (Lipinski definition) is 0. The van der Waals surface area contributed by atoms with Gasteiger partial charge in [-0.1, -0.05) is 36.4 Å². The van der Waals surface area contributed by atoms with Gasteiger partial charge in [0.1, 0.15) is 5.82 Å². The molecule has 0 atom stereocenters.